The largest absolute Gasteiger partial charge is 0.455 e. The molecule has 0 bridgehead atoms. The average molecular weight is 241 g/mol. The van der Waals surface area contributed by atoms with Crippen molar-refractivity contribution in [3.8, 4) is 0 Å². The Morgan fingerprint density at radius 2 is 1.81 bits per heavy atom. The summed E-state index contributed by atoms with van der Waals surface area (Å²) in [6, 6.07) is 5.31. The van der Waals surface area contributed by atoms with Crippen molar-refractivity contribution in [1.82, 2.24) is 0 Å². The van der Waals surface area contributed by atoms with Crippen LogP contribution in [0.5, 0.6) is 0 Å². The molecule has 0 spiro atoms. The van der Waals surface area contributed by atoms with E-state index in [0.717, 1.165) is 11.1 Å². The molecule has 2 rings (SSSR count). The second-order valence-corrected chi connectivity index (χ2v) is 4.64. The van der Waals surface area contributed by atoms with Gasteiger partial charge in [-0.05, 0) is 37.6 Å². The van der Waals surface area contributed by atoms with Crippen LogP contribution in [0.3, 0.4) is 0 Å². The number of halogens is 1. The van der Waals surface area contributed by atoms with Crippen LogP contribution in [0, 0.1) is 0 Å². The van der Waals surface area contributed by atoms with Crippen LogP contribution in [0.25, 0.3) is 0 Å². The number of benzene rings is 1. The Hall–Kier alpha value is -1.19. The minimum atomic E-state index is -0.939. The number of hydrogen-bond donors (Lipinski definition) is 1. The van der Waals surface area contributed by atoms with E-state index in [1.807, 2.05) is 6.07 Å². The highest BCUT2D eigenvalue weighted by atomic mass is 35.5. The van der Waals surface area contributed by atoms with Crippen molar-refractivity contribution in [2.75, 3.05) is 0 Å². The van der Waals surface area contributed by atoms with Crippen molar-refractivity contribution in [1.29, 1.82) is 0 Å². The van der Waals surface area contributed by atoms with Crippen LogP contribution in [0.4, 0.5) is 0 Å². The van der Waals surface area contributed by atoms with E-state index in [2.05, 4.69) is 0 Å². The van der Waals surface area contributed by atoms with Crippen molar-refractivity contribution >= 4 is 11.6 Å². The molecule has 0 fully saturated rings. The summed E-state index contributed by atoms with van der Waals surface area (Å²) in [5, 5.41) is 10.5. The second-order valence-electron chi connectivity index (χ2n) is 4.21. The first-order chi connectivity index (χ1) is 7.47. The zero-order chi connectivity index (χ0) is 11.8. The van der Waals surface area contributed by atoms with E-state index in [0.29, 0.717) is 5.02 Å². The fourth-order valence-electron chi connectivity index (χ4n) is 1.50. The van der Waals surface area contributed by atoms with Gasteiger partial charge in [0.1, 0.15) is 12.5 Å². The standard InChI is InChI=1S/C12H13ClO3/c1-12(2,14)9-5-8(6-10(13)7-9)11-15-3-4-16-11/h3-7,11,14H,1-2H3. The maximum atomic E-state index is 9.92. The Balaban J connectivity index is 2.36. The Bertz CT molecular complexity index is 413. The van der Waals surface area contributed by atoms with Gasteiger partial charge in [-0.3, -0.25) is 0 Å². The van der Waals surface area contributed by atoms with Crippen LogP contribution in [0.1, 0.15) is 31.3 Å². The molecule has 0 radical (unpaired) electrons. The highest BCUT2D eigenvalue weighted by Gasteiger charge is 2.22. The maximum Gasteiger partial charge on any atom is 0.266 e. The first-order valence-electron chi connectivity index (χ1n) is 4.96. The minimum Gasteiger partial charge on any atom is -0.455 e. The van der Waals surface area contributed by atoms with Gasteiger partial charge in [-0.15, -0.1) is 0 Å². The maximum absolute atomic E-state index is 9.92. The molecule has 1 aromatic carbocycles. The van der Waals surface area contributed by atoms with Crippen molar-refractivity contribution in [3.63, 3.8) is 0 Å². The molecule has 0 aromatic heterocycles. The summed E-state index contributed by atoms with van der Waals surface area (Å²) in [4.78, 5) is 0. The van der Waals surface area contributed by atoms with Crippen LogP contribution in [0.15, 0.2) is 30.7 Å². The summed E-state index contributed by atoms with van der Waals surface area (Å²) in [6.45, 7) is 3.41. The zero-order valence-electron chi connectivity index (χ0n) is 9.11. The molecule has 3 nitrogen and oxygen atoms in total. The van der Waals surface area contributed by atoms with Crippen LogP contribution in [-0.2, 0) is 15.1 Å². The molecular formula is C12H13ClO3. The van der Waals surface area contributed by atoms with E-state index in [1.165, 1.54) is 12.5 Å². The highest BCUT2D eigenvalue weighted by Crippen LogP contribution is 2.31. The van der Waals surface area contributed by atoms with E-state index in [4.69, 9.17) is 21.1 Å². The second kappa shape index (κ2) is 4.00. The highest BCUT2D eigenvalue weighted by molar-refractivity contribution is 6.30. The van der Waals surface area contributed by atoms with E-state index < -0.39 is 11.9 Å². The molecule has 1 N–H and O–H groups in total. The Morgan fingerprint density at radius 3 is 2.38 bits per heavy atom. The lowest BCUT2D eigenvalue weighted by molar-refractivity contribution is -0.0249. The third-order valence-electron chi connectivity index (χ3n) is 2.36. The zero-order valence-corrected chi connectivity index (χ0v) is 9.86. The van der Waals surface area contributed by atoms with Crippen molar-refractivity contribution in [2.24, 2.45) is 0 Å². The van der Waals surface area contributed by atoms with Gasteiger partial charge in [0.25, 0.3) is 6.29 Å². The summed E-state index contributed by atoms with van der Waals surface area (Å²) < 4.78 is 10.4. The quantitative estimate of drug-likeness (QED) is 0.864. The Labute approximate surface area is 99.3 Å². The molecule has 1 heterocycles. The summed E-state index contributed by atoms with van der Waals surface area (Å²) >= 11 is 5.99. The summed E-state index contributed by atoms with van der Waals surface area (Å²) in [7, 11) is 0. The lowest BCUT2D eigenvalue weighted by Crippen LogP contribution is -2.16. The minimum absolute atomic E-state index is 0.472. The lowest BCUT2D eigenvalue weighted by atomic mass is 9.96. The van der Waals surface area contributed by atoms with E-state index in [-0.39, 0.29) is 0 Å². The van der Waals surface area contributed by atoms with Crippen molar-refractivity contribution in [2.45, 2.75) is 25.7 Å². The number of aliphatic hydroxyl groups is 1. The van der Waals surface area contributed by atoms with Gasteiger partial charge >= 0.3 is 0 Å². The summed E-state index contributed by atoms with van der Waals surface area (Å²) in [6.07, 6.45) is 2.49. The molecule has 1 aliphatic rings. The summed E-state index contributed by atoms with van der Waals surface area (Å²) in [5.41, 5.74) is 0.579. The lowest BCUT2D eigenvalue weighted by Gasteiger charge is -2.20. The Kier molecular flexibility index (Phi) is 2.82. The molecule has 86 valence electrons. The van der Waals surface area contributed by atoms with Gasteiger partial charge in [-0.1, -0.05) is 11.6 Å². The molecular weight excluding hydrogens is 228 g/mol. The number of ether oxygens (including phenoxy) is 2. The molecule has 0 saturated carbocycles. The monoisotopic (exact) mass is 240 g/mol. The van der Waals surface area contributed by atoms with Crippen molar-refractivity contribution < 1.29 is 14.6 Å². The fourth-order valence-corrected chi connectivity index (χ4v) is 1.74. The third-order valence-corrected chi connectivity index (χ3v) is 2.58. The van der Waals surface area contributed by atoms with Crippen LogP contribution in [-0.4, -0.2) is 5.11 Å². The number of rotatable bonds is 2. The van der Waals surface area contributed by atoms with Gasteiger partial charge in [0.15, 0.2) is 0 Å². The molecule has 16 heavy (non-hydrogen) atoms. The predicted octanol–water partition coefficient (Wildman–Crippen LogP) is 3.08. The van der Waals surface area contributed by atoms with Crippen LogP contribution >= 0.6 is 11.6 Å². The van der Waals surface area contributed by atoms with Crippen LogP contribution < -0.4 is 0 Å². The molecule has 0 atom stereocenters. The summed E-state index contributed by atoms with van der Waals surface area (Å²) in [5.74, 6) is 0. The van der Waals surface area contributed by atoms with E-state index >= 15 is 0 Å². The number of hydrogen-bond acceptors (Lipinski definition) is 3. The molecule has 0 aliphatic carbocycles. The molecule has 4 heteroatoms. The molecule has 0 saturated heterocycles. The predicted molar refractivity (Wildman–Crippen MR) is 60.7 cm³/mol. The molecule has 1 aliphatic heterocycles. The fraction of sp³-hybridized carbons (Fsp3) is 0.333. The van der Waals surface area contributed by atoms with Gasteiger partial charge in [0.05, 0.1) is 5.60 Å². The average Bonchev–Trinajstić information content (AvgIpc) is 2.68. The van der Waals surface area contributed by atoms with Gasteiger partial charge < -0.3 is 14.6 Å². The SMILES string of the molecule is CC(C)(O)c1cc(Cl)cc(C2OC=CO2)c1. The molecule has 0 unspecified atom stereocenters. The normalized spacial score (nSPS) is 16.0. The third kappa shape index (κ3) is 2.31. The van der Waals surface area contributed by atoms with Gasteiger partial charge in [0, 0.05) is 10.6 Å². The topological polar surface area (TPSA) is 38.7 Å². The van der Waals surface area contributed by atoms with Gasteiger partial charge in [-0.25, -0.2) is 0 Å². The molecule has 0 amide bonds. The van der Waals surface area contributed by atoms with Gasteiger partial charge in [-0.2, -0.15) is 0 Å². The smallest absolute Gasteiger partial charge is 0.266 e. The molecule has 1 aromatic rings. The van der Waals surface area contributed by atoms with Crippen LogP contribution in [0.2, 0.25) is 5.02 Å². The van der Waals surface area contributed by atoms with Gasteiger partial charge in [0.2, 0.25) is 0 Å². The first-order valence-corrected chi connectivity index (χ1v) is 5.34. The first kappa shape index (κ1) is 11.3. The van der Waals surface area contributed by atoms with E-state index in [9.17, 15) is 5.11 Å². The van der Waals surface area contributed by atoms with E-state index in [1.54, 1.807) is 26.0 Å². The van der Waals surface area contributed by atoms with Crippen molar-refractivity contribution in [3.05, 3.63) is 46.9 Å². The Morgan fingerprint density at radius 1 is 1.19 bits per heavy atom.